The van der Waals surface area contributed by atoms with Gasteiger partial charge >= 0.3 is 16.3 Å². The molecule has 16 heteroatoms. The highest BCUT2D eigenvalue weighted by atomic mass is 32.2. The maximum Gasteiger partial charge on any atom is 0.408 e. The van der Waals surface area contributed by atoms with Crippen LogP contribution in [-0.2, 0) is 29.3 Å². The second-order valence-corrected chi connectivity index (χ2v) is 18.5. The Morgan fingerprint density at radius 1 is 1.04 bits per heavy atom. The van der Waals surface area contributed by atoms with Gasteiger partial charge in [-0.25, -0.2) is 9.52 Å². The highest BCUT2D eigenvalue weighted by Crippen LogP contribution is 2.46. The minimum absolute atomic E-state index is 0.0163. The van der Waals surface area contributed by atoms with E-state index in [1.807, 2.05) is 79.1 Å². The van der Waals surface area contributed by atoms with Crippen molar-refractivity contribution in [1.82, 2.24) is 34.1 Å². The third kappa shape index (κ3) is 9.44. The number of fused-ring (bicyclic) bond motifs is 3. The molecule has 0 radical (unpaired) electrons. The number of alkyl carbamates (subject to hydrolysis) is 1. The number of ether oxygens (including phenoxy) is 2. The number of hydrogen-bond acceptors (Lipinski definition) is 9. The molecule has 0 unspecified atom stereocenters. The molecule has 2 fully saturated rings. The summed E-state index contributed by atoms with van der Waals surface area (Å²) in [7, 11) is -1.58. The molecule has 5 atom stereocenters. The van der Waals surface area contributed by atoms with E-state index >= 15 is 0 Å². The lowest BCUT2D eigenvalue weighted by Gasteiger charge is -2.30. The van der Waals surface area contributed by atoms with Crippen LogP contribution in [0.15, 0.2) is 60.7 Å². The van der Waals surface area contributed by atoms with E-state index < -0.39 is 69.3 Å². The molecule has 2 aliphatic heterocycles. The summed E-state index contributed by atoms with van der Waals surface area (Å²) in [5.74, 6) is -2.46. The molecule has 2 aromatic carbocycles. The number of imidazole rings is 1. The Bertz CT molecular complexity index is 2130. The summed E-state index contributed by atoms with van der Waals surface area (Å²) in [5, 5.41) is 5.62. The largest absolute Gasteiger partial charge is 0.459 e. The minimum atomic E-state index is -4.17. The molecular weight excluding hydrogens is 751 g/mol. The Balaban J connectivity index is 1.34. The third-order valence-electron chi connectivity index (χ3n) is 10.6. The molecule has 57 heavy (non-hydrogen) atoms. The second kappa shape index (κ2) is 16.5. The molecule has 1 saturated heterocycles. The fourth-order valence-corrected chi connectivity index (χ4v) is 8.13. The molecule has 308 valence electrons. The molecule has 1 aliphatic carbocycles. The van der Waals surface area contributed by atoms with Crippen LogP contribution in [0.4, 0.5) is 4.79 Å². The number of aromatic nitrogens is 2. The smallest absolute Gasteiger partial charge is 0.408 e. The van der Waals surface area contributed by atoms with Crippen molar-refractivity contribution >= 4 is 45.1 Å². The van der Waals surface area contributed by atoms with Gasteiger partial charge in [0.15, 0.2) is 0 Å². The van der Waals surface area contributed by atoms with E-state index in [0.29, 0.717) is 25.3 Å². The molecule has 4 amide bonds. The molecule has 0 spiro atoms. The van der Waals surface area contributed by atoms with Gasteiger partial charge in [0.05, 0.1) is 17.6 Å². The van der Waals surface area contributed by atoms with Gasteiger partial charge in [0, 0.05) is 32.5 Å². The number of carbonyl (C=O) groups is 4. The van der Waals surface area contributed by atoms with E-state index in [-0.39, 0.29) is 25.4 Å². The fourth-order valence-electron chi connectivity index (χ4n) is 7.53. The first-order chi connectivity index (χ1) is 26.9. The summed E-state index contributed by atoms with van der Waals surface area (Å²) in [4.78, 5) is 62.1. The van der Waals surface area contributed by atoms with Crippen molar-refractivity contribution in [3.63, 3.8) is 0 Å². The lowest BCUT2D eigenvalue weighted by Crippen LogP contribution is -2.58. The molecule has 0 bridgehead atoms. The van der Waals surface area contributed by atoms with Crippen molar-refractivity contribution in [1.29, 1.82) is 0 Å². The summed E-state index contributed by atoms with van der Waals surface area (Å²) in [5.41, 5.74) is 1.24. The SMILES string of the molecule is CC(C)n1c(O[C@@H]2C[C@H]3C(=O)N[C@]4(C(=O)NS(=O)(=O)N(C)C)C[C@H]4/C=C\CCCCC[C@H](NC(=O)OC(C)(C)C)C(=O)N3C2)nc2cc(-c3ccccc3)ccc21. The molecule has 3 aromatic rings. The Morgan fingerprint density at radius 3 is 2.46 bits per heavy atom. The molecule has 3 heterocycles. The summed E-state index contributed by atoms with van der Waals surface area (Å²) in [6, 6.07) is 14.1. The molecule has 15 nitrogen and oxygen atoms in total. The fraction of sp³-hybridized carbons (Fsp3) is 0.537. The van der Waals surface area contributed by atoms with Crippen LogP contribution in [0, 0.1) is 5.92 Å². The number of benzene rings is 2. The Kier molecular flexibility index (Phi) is 12.1. The van der Waals surface area contributed by atoms with E-state index in [1.165, 1.54) is 19.0 Å². The van der Waals surface area contributed by atoms with Gasteiger partial charge in [0.2, 0.25) is 11.8 Å². The molecule has 6 rings (SSSR count). The monoisotopic (exact) mass is 805 g/mol. The predicted octanol–water partition coefficient (Wildman–Crippen LogP) is 4.84. The maximum absolute atomic E-state index is 14.6. The Labute approximate surface area is 334 Å². The van der Waals surface area contributed by atoms with Gasteiger partial charge in [0.25, 0.3) is 11.9 Å². The number of amides is 4. The molecule has 1 saturated carbocycles. The Hall–Kier alpha value is -4.96. The number of hydrogen-bond donors (Lipinski definition) is 3. The zero-order chi connectivity index (χ0) is 41.3. The minimum Gasteiger partial charge on any atom is -0.459 e. The second-order valence-electron chi connectivity index (χ2n) is 16.7. The number of allylic oxidation sites excluding steroid dienone is 1. The van der Waals surface area contributed by atoms with Gasteiger partial charge in [-0.3, -0.25) is 19.0 Å². The summed E-state index contributed by atoms with van der Waals surface area (Å²) in [6.07, 6.45) is 5.68. The number of nitrogens with zero attached hydrogens (tertiary/aromatic N) is 4. The van der Waals surface area contributed by atoms with E-state index in [2.05, 4.69) is 15.4 Å². The van der Waals surface area contributed by atoms with Crippen LogP contribution in [0.5, 0.6) is 6.01 Å². The van der Waals surface area contributed by atoms with Crippen LogP contribution in [0.3, 0.4) is 0 Å². The van der Waals surface area contributed by atoms with Crippen LogP contribution < -0.4 is 20.1 Å². The summed E-state index contributed by atoms with van der Waals surface area (Å²) < 4.78 is 42.6. The highest BCUT2D eigenvalue weighted by Gasteiger charge is 2.61. The van der Waals surface area contributed by atoms with Crippen LogP contribution in [-0.4, -0.2) is 101 Å². The molecule has 1 aromatic heterocycles. The van der Waals surface area contributed by atoms with E-state index in [9.17, 15) is 27.6 Å². The first-order valence-corrected chi connectivity index (χ1v) is 21.1. The first-order valence-electron chi connectivity index (χ1n) is 19.7. The quantitative estimate of drug-likeness (QED) is 0.269. The van der Waals surface area contributed by atoms with Gasteiger partial charge in [-0.15, -0.1) is 0 Å². The summed E-state index contributed by atoms with van der Waals surface area (Å²) in [6.45, 7) is 9.21. The Morgan fingerprint density at radius 2 is 1.77 bits per heavy atom. The average molecular weight is 806 g/mol. The average Bonchev–Trinajstić information content (AvgIpc) is 3.47. The van der Waals surface area contributed by atoms with Crippen molar-refractivity contribution in [2.75, 3.05) is 20.6 Å². The van der Waals surface area contributed by atoms with Crippen molar-refractivity contribution in [2.24, 2.45) is 5.92 Å². The van der Waals surface area contributed by atoms with Crippen molar-refractivity contribution < 1.29 is 37.1 Å². The molecule has 3 aliphatic rings. The lowest BCUT2D eigenvalue weighted by molar-refractivity contribution is -0.141. The van der Waals surface area contributed by atoms with Crippen LogP contribution >= 0.6 is 0 Å². The topological polar surface area (TPSA) is 181 Å². The zero-order valence-corrected chi connectivity index (χ0v) is 34.6. The molecular formula is C41H55N7O8S. The standard InChI is InChI=1S/C41H55N7O8S/c1-26(2)48-33-21-20-28(27-16-12-11-13-17-27)22-32(33)42-38(48)55-30-23-34-35(49)44-41(37(51)45-57(53,54)46(6)7)24-29(41)18-14-9-8-10-15-19-31(36(50)47(34)25-30)43-39(52)56-40(3,4)5/h11-14,16-18,20-22,26,29-31,34H,8-10,15,19,23-25H2,1-7H3,(H,43,52)(H,44,49)(H,45,51)/b18-14-/t29-,30-,31+,34+,41-/m1/s1. The number of rotatable bonds is 8. The summed E-state index contributed by atoms with van der Waals surface area (Å²) >= 11 is 0. The lowest BCUT2D eigenvalue weighted by atomic mass is 10.0. The van der Waals surface area contributed by atoms with Crippen molar-refractivity contribution in [3.8, 4) is 17.1 Å². The number of carbonyl (C=O) groups excluding carboxylic acids is 4. The van der Waals surface area contributed by atoms with E-state index in [0.717, 1.165) is 39.3 Å². The van der Waals surface area contributed by atoms with E-state index in [1.54, 1.807) is 20.8 Å². The molecule has 3 N–H and O–H groups in total. The van der Waals surface area contributed by atoms with Crippen molar-refractivity contribution in [3.05, 3.63) is 60.7 Å². The van der Waals surface area contributed by atoms with E-state index in [4.69, 9.17) is 14.5 Å². The van der Waals surface area contributed by atoms with Gasteiger partial charge in [-0.1, -0.05) is 61.4 Å². The van der Waals surface area contributed by atoms with Crippen LogP contribution in [0.2, 0.25) is 0 Å². The van der Waals surface area contributed by atoms with Gasteiger partial charge in [-0.2, -0.15) is 17.7 Å². The van der Waals surface area contributed by atoms with Gasteiger partial charge in [-0.05, 0) is 83.6 Å². The predicted molar refractivity (Wildman–Crippen MR) is 215 cm³/mol. The number of nitrogens with one attached hydrogen (secondary N) is 3. The van der Waals surface area contributed by atoms with Gasteiger partial charge < -0.3 is 25.0 Å². The van der Waals surface area contributed by atoms with Crippen LogP contribution in [0.25, 0.3) is 22.2 Å². The zero-order valence-electron chi connectivity index (χ0n) is 33.8. The third-order valence-corrected chi connectivity index (χ3v) is 12.0. The highest BCUT2D eigenvalue weighted by molar-refractivity contribution is 7.87. The maximum atomic E-state index is 14.6. The van der Waals surface area contributed by atoms with Crippen LogP contribution in [0.1, 0.15) is 85.6 Å². The van der Waals surface area contributed by atoms with Gasteiger partial charge in [0.1, 0.15) is 29.3 Å². The van der Waals surface area contributed by atoms with Crippen molar-refractivity contribution in [2.45, 2.75) is 115 Å². The first kappa shape index (κ1) is 41.7. The normalized spacial score (nSPS) is 25.2.